The van der Waals surface area contributed by atoms with Crippen molar-refractivity contribution in [1.82, 2.24) is 14.9 Å². The van der Waals surface area contributed by atoms with Crippen molar-refractivity contribution < 1.29 is 23.4 Å². The molecule has 1 aromatic carbocycles. The van der Waals surface area contributed by atoms with Crippen LogP contribution in [0, 0.1) is 23.7 Å². The lowest BCUT2D eigenvalue weighted by Crippen LogP contribution is -2.53. The number of alkyl halides is 2. The van der Waals surface area contributed by atoms with Crippen molar-refractivity contribution in [3.8, 4) is 11.8 Å². The van der Waals surface area contributed by atoms with Crippen molar-refractivity contribution in [2.75, 3.05) is 32.1 Å². The third kappa shape index (κ3) is 4.56. The molecule has 1 saturated heterocycles. The van der Waals surface area contributed by atoms with Crippen molar-refractivity contribution in [1.29, 1.82) is 5.26 Å². The second kappa shape index (κ2) is 9.55. The molecule has 1 saturated carbocycles. The third-order valence-electron chi connectivity index (χ3n) is 8.11. The van der Waals surface area contributed by atoms with Gasteiger partial charge in [-0.3, -0.25) is 4.90 Å². The zero-order chi connectivity index (χ0) is 27.2. The number of methoxy groups -OCH3 is 1. The molecule has 8 nitrogen and oxygen atoms in total. The first-order valence-corrected chi connectivity index (χ1v) is 12.6. The highest BCUT2D eigenvalue weighted by Crippen LogP contribution is 2.61. The maximum absolute atomic E-state index is 14.1. The minimum Gasteiger partial charge on any atom is -0.496 e. The molecule has 1 unspecified atom stereocenters. The molecule has 1 aliphatic heterocycles. The molecule has 2 aromatic heterocycles. The van der Waals surface area contributed by atoms with Crippen LogP contribution in [0.25, 0.3) is 10.9 Å². The molecule has 0 radical (unpaired) electrons. The van der Waals surface area contributed by atoms with E-state index >= 15 is 0 Å². The van der Waals surface area contributed by atoms with Crippen molar-refractivity contribution in [2.45, 2.75) is 51.1 Å². The number of piperidine rings is 1. The molecule has 2 aliphatic rings. The number of hydrogen-bond donors (Lipinski definition) is 2. The van der Waals surface area contributed by atoms with Crippen LogP contribution in [-0.2, 0) is 6.54 Å². The third-order valence-corrected chi connectivity index (χ3v) is 8.11. The summed E-state index contributed by atoms with van der Waals surface area (Å²) in [5.41, 5.74) is 3.20. The van der Waals surface area contributed by atoms with Crippen LogP contribution in [0.15, 0.2) is 30.5 Å². The number of carbonyl (C=O) groups is 1. The number of carboxylic acid groups (broad SMARTS) is 1. The maximum Gasteiger partial charge on any atom is 0.354 e. The molecule has 0 amide bonds. The summed E-state index contributed by atoms with van der Waals surface area (Å²) >= 11 is 0. The van der Waals surface area contributed by atoms with Gasteiger partial charge in [-0.05, 0) is 55.5 Å². The van der Waals surface area contributed by atoms with Crippen LogP contribution in [0.5, 0.6) is 5.75 Å². The van der Waals surface area contributed by atoms with E-state index in [1.165, 1.54) is 6.07 Å². The van der Waals surface area contributed by atoms with E-state index in [4.69, 9.17) is 4.74 Å². The molecule has 1 aliphatic carbocycles. The number of rotatable bonds is 7. The first-order valence-electron chi connectivity index (χ1n) is 12.6. The second-order valence-electron chi connectivity index (χ2n) is 10.7. The van der Waals surface area contributed by atoms with Crippen LogP contribution in [0.2, 0.25) is 0 Å². The molecule has 0 bridgehead atoms. The van der Waals surface area contributed by atoms with Crippen molar-refractivity contribution >= 4 is 22.7 Å². The maximum atomic E-state index is 14.1. The number of nitrogens with one attached hydrogen (secondary N) is 1. The molecule has 1 spiro atoms. The fourth-order valence-electron chi connectivity index (χ4n) is 6.35. The number of H-pyrrole nitrogens is 1. The number of aromatic nitrogens is 2. The minimum absolute atomic E-state index is 0.00869. The molecule has 2 N–H and O–H groups in total. The molecule has 2 fully saturated rings. The largest absolute Gasteiger partial charge is 0.496 e. The predicted octanol–water partition coefficient (Wildman–Crippen LogP) is 5.29. The van der Waals surface area contributed by atoms with Crippen LogP contribution in [0.3, 0.4) is 0 Å². The molecular formula is C28H31F2N5O3. The van der Waals surface area contributed by atoms with Crippen molar-refractivity contribution in [3.05, 3.63) is 52.8 Å². The average molecular weight is 524 g/mol. The summed E-state index contributed by atoms with van der Waals surface area (Å²) in [6.45, 7) is 3.12. The minimum atomic E-state index is -2.66. The Kier molecular flexibility index (Phi) is 6.51. The van der Waals surface area contributed by atoms with Gasteiger partial charge in [-0.1, -0.05) is 6.07 Å². The first kappa shape index (κ1) is 25.9. The zero-order valence-corrected chi connectivity index (χ0v) is 21.7. The van der Waals surface area contributed by atoms with Gasteiger partial charge in [0, 0.05) is 60.7 Å². The lowest BCUT2D eigenvalue weighted by molar-refractivity contribution is -0.186. The molecule has 5 rings (SSSR count). The number of carboxylic acids is 1. The fraction of sp³-hybridized carbons (Fsp3) is 0.464. The second-order valence-corrected chi connectivity index (χ2v) is 10.7. The van der Waals surface area contributed by atoms with E-state index in [0.717, 1.165) is 33.3 Å². The van der Waals surface area contributed by atoms with E-state index in [1.54, 1.807) is 25.1 Å². The number of likely N-dealkylation sites (tertiary alicyclic amines) is 1. The number of nitriles is 1. The number of ether oxygens (including phenoxy) is 1. The fourth-order valence-corrected chi connectivity index (χ4v) is 6.35. The SMILES string of the molecule is COc1cc(C)c2[nH]ccc2c1CN1CCC2(CC1c1ccc(C(=O)O)nc1N(C)CC#N)CC(F)(F)C2. The van der Waals surface area contributed by atoms with Crippen LogP contribution >= 0.6 is 0 Å². The molecular weight excluding hydrogens is 492 g/mol. The van der Waals surface area contributed by atoms with E-state index in [-0.39, 0.29) is 31.1 Å². The lowest BCUT2D eigenvalue weighted by atomic mass is 9.59. The quantitative estimate of drug-likeness (QED) is 0.406. The Hall–Kier alpha value is -3.71. The number of aromatic carboxylic acids is 1. The number of halogens is 2. The summed E-state index contributed by atoms with van der Waals surface area (Å²) in [6, 6.07) is 8.98. The molecule has 38 heavy (non-hydrogen) atoms. The van der Waals surface area contributed by atoms with Gasteiger partial charge in [-0.15, -0.1) is 0 Å². The highest BCUT2D eigenvalue weighted by molar-refractivity contribution is 5.88. The lowest BCUT2D eigenvalue weighted by Gasteiger charge is -2.55. The van der Waals surface area contributed by atoms with Crippen LogP contribution < -0.4 is 9.64 Å². The number of fused-ring (bicyclic) bond motifs is 1. The number of benzene rings is 1. The first-order chi connectivity index (χ1) is 18.1. The summed E-state index contributed by atoms with van der Waals surface area (Å²) in [4.78, 5) is 23.2. The van der Waals surface area contributed by atoms with Crippen molar-refractivity contribution in [3.63, 3.8) is 0 Å². The molecule has 10 heteroatoms. The number of nitrogens with zero attached hydrogens (tertiary/aromatic N) is 4. The van der Waals surface area contributed by atoms with Gasteiger partial charge in [0.25, 0.3) is 0 Å². The van der Waals surface area contributed by atoms with Crippen LogP contribution in [-0.4, -0.2) is 59.1 Å². The van der Waals surface area contributed by atoms with Gasteiger partial charge in [0.2, 0.25) is 5.92 Å². The number of hydrogen-bond acceptors (Lipinski definition) is 6. The number of pyridine rings is 1. The van der Waals surface area contributed by atoms with Gasteiger partial charge in [-0.25, -0.2) is 18.6 Å². The highest BCUT2D eigenvalue weighted by atomic mass is 19.3. The van der Waals surface area contributed by atoms with Gasteiger partial charge < -0.3 is 19.7 Å². The number of aromatic amines is 1. The van der Waals surface area contributed by atoms with E-state index in [0.29, 0.717) is 31.7 Å². The Bertz CT molecular complexity index is 1420. The Morgan fingerprint density at radius 2 is 2.13 bits per heavy atom. The summed E-state index contributed by atoms with van der Waals surface area (Å²) in [6.07, 6.45) is 2.74. The smallest absolute Gasteiger partial charge is 0.354 e. The van der Waals surface area contributed by atoms with Gasteiger partial charge in [-0.2, -0.15) is 5.26 Å². The summed E-state index contributed by atoms with van der Waals surface area (Å²) < 4.78 is 34.0. The average Bonchev–Trinajstić information content (AvgIpc) is 3.36. The van der Waals surface area contributed by atoms with E-state index in [9.17, 15) is 23.9 Å². The Labute approximate surface area is 219 Å². The van der Waals surface area contributed by atoms with E-state index < -0.39 is 17.3 Å². The Morgan fingerprint density at radius 1 is 1.37 bits per heavy atom. The molecule has 3 aromatic rings. The molecule has 200 valence electrons. The van der Waals surface area contributed by atoms with Gasteiger partial charge in [0.05, 0.1) is 13.2 Å². The topological polar surface area (TPSA) is 105 Å². The molecule has 3 heterocycles. The van der Waals surface area contributed by atoms with Gasteiger partial charge >= 0.3 is 5.97 Å². The monoisotopic (exact) mass is 523 g/mol. The van der Waals surface area contributed by atoms with E-state index in [2.05, 4.69) is 20.9 Å². The van der Waals surface area contributed by atoms with Crippen LogP contribution in [0.4, 0.5) is 14.6 Å². The van der Waals surface area contributed by atoms with Gasteiger partial charge in [0.15, 0.2) is 5.69 Å². The summed E-state index contributed by atoms with van der Waals surface area (Å²) in [5, 5.41) is 19.9. The number of anilines is 1. The van der Waals surface area contributed by atoms with E-state index in [1.807, 2.05) is 25.3 Å². The zero-order valence-electron chi connectivity index (χ0n) is 21.7. The Morgan fingerprint density at radius 3 is 2.79 bits per heavy atom. The van der Waals surface area contributed by atoms with Crippen LogP contribution in [0.1, 0.15) is 58.9 Å². The van der Waals surface area contributed by atoms with Crippen molar-refractivity contribution in [2.24, 2.45) is 5.41 Å². The summed E-state index contributed by atoms with van der Waals surface area (Å²) in [5.74, 6) is -2.69. The predicted molar refractivity (Wildman–Crippen MR) is 139 cm³/mol. The standard InChI is InChI=1S/C28H31F2N5O3/c1-17-12-23(38-3)20(18-6-9-32-24(17)18)14-35-10-7-27(15-28(29,30)16-27)13-22(35)19-4-5-21(26(36)37)33-25(19)34(2)11-8-31/h4-6,9,12,22,32H,7,10-11,13-16H2,1-3H3,(H,36,37). The Balaban J connectivity index is 1.59. The molecule has 1 atom stereocenters. The number of aryl methyl sites for hydroxylation is 1. The summed E-state index contributed by atoms with van der Waals surface area (Å²) in [7, 11) is 3.33. The van der Waals surface area contributed by atoms with Gasteiger partial charge in [0.1, 0.15) is 18.1 Å². The highest BCUT2D eigenvalue weighted by Gasteiger charge is 2.58. The normalized spacial score (nSPS) is 20.2.